The quantitative estimate of drug-likeness (QED) is 0.241. The molecule has 0 saturated carbocycles. The van der Waals surface area contributed by atoms with Crippen molar-refractivity contribution < 1.29 is 33.6 Å². The maximum absolute atomic E-state index is 12.6. The van der Waals surface area contributed by atoms with Crippen molar-refractivity contribution in [1.29, 1.82) is 0 Å². The fourth-order valence-corrected chi connectivity index (χ4v) is 4.08. The number of carbonyl (C=O) groups is 1. The predicted molar refractivity (Wildman–Crippen MR) is 152 cm³/mol. The lowest BCUT2D eigenvalue weighted by atomic mass is 10.0. The van der Waals surface area contributed by atoms with E-state index in [0.29, 0.717) is 22.5 Å². The third kappa shape index (κ3) is 6.07. The number of methoxy groups -OCH3 is 3. The molecule has 0 spiro atoms. The van der Waals surface area contributed by atoms with Gasteiger partial charge in [-0.3, -0.25) is 9.59 Å². The Morgan fingerprint density at radius 1 is 0.800 bits per heavy atom. The van der Waals surface area contributed by atoms with Crippen molar-refractivity contribution in [2.24, 2.45) is 0 Å². The Kier molecular flexibility index (Phi) is 8.71. The third-order valence-corrected chi connectivity index (χ3v) is 6.11. The number of para-hydroxylation sites is 1. The number of carbonyl (C=O) groups excluding carboxylic acids is 1. The first kappa shape index (κ1) is 27.8. The number of phenolic OH excluding ortho intramolecular Hbond substituents is 2. The number of fused-ring (bicyclic) bond motifs is 1. The van der Waals surface area contributed by atoms with Crippen LogP contribution in [0.1, 0.15) is 15.9 Å². The smallest absolute Gasteiger partial charge is 0.235 e. The van der Waals surface area contributed by atoms with E-state index >= 15 is 0 Å². The van der Waals surface area contributed by atoms with Crippen LogP contribution in [-0.2, 0) is 6.42 Å². The molecule has 0 aliphatic heterocycles. The average molecular weight is 541 g/mol. The monoisotopic (exact) mass is 540 g/mol. The molecule has 1 aromatic heterocycles. The first-order valence-electron chi connectivity index (χ1n) is 12.3. The highest BCUT2D eigenvalue weighted by molar-refractivity contribution is 6.00. The Labute approximate surface area is 230 Å². The normalized spacial score (nSPS) is 10.4. The molecule has 0 saturated heterocycles. The zero-order chi connectivity index (χ0) is 28.6. The molecule has 40 heavy (non-hydrogen) atoms. The van der Waals surface area contributed by atoms with Crippen LogP contribution in [0.15, 0.2) is 100 Å². The van der Waals surface area contributed by atoms with Crippen molar-refractivity contribution in [2.75, 3.05) is 21.3 Å². The minimum Gasteiger partial charge on any atom is -0.508 e. The molecule has 0 atom stereocenters. The van der Waals surface area contributed by atoms with Crippen LogP contribution in [0.2, 0.25) is 0 Å². The third-order valence-electron chi connectivity index (χ3n) is 6.11. The van der Waals surface area contributed by atoms with Gasteiger partial charge in [0.25, 0.3) is 0 Å². The number of phenols is 2. The second-order valence-corrected chi connectivity index (χ2v) is 8.65. The number of ether oxygens (including phenoxy) is 3. The molecular weight excluding hydrogens is 512 g/mol. The van der Waals surface area contributed by atoms with E-state index in [-0.39, 0.29) is 40.4 Å². The van der Waals surface area contributed by atoms with Crippen LogP contribution >= 0.6 is 0 Å². The summed E-state index contributed by atoms with van der Waals surface area (Å²) in [6.45, 7) is 0. The number of benzene rings is 4. The first-order chi connectivity index (χ1) is 19.4. The van der Waals surface area contributed by atoms with Gasteiger partial charge < -0.3 is 28.8 Å². The highest BCUT2D eigenvalue weighted by Crippen LogP contribution is 2.34. The Balaban J connectivity index is 0.000000186. The lowest BCUT2D eigenvalue weighted by Crippen LogP contribution is -2.08. The zero-order valence-electron chi connectivity index (χ0n) is 22.2. The molecule has 0 aliphatic carbocycles. The molecule has 4 aromatic carbocycles. The number of hydrogen-bond donors (Lipinski definition) is 2. The molecule has 1 heterocycles. The van der Waals surface area contributed by atoms with Gasteiger partial charge in [-0.2, -0.15) is 0 Å². The number of ketones is 1. The molecule has 0 unspecified atom stereocenters. The molecular formula is C32H28O8. The number of Topliss-reactive ketones (excluding diaryl/α,β-unsaturated/α-hetero) is 1. The topological polar surface area (TPSA) is 115 Å². The summed E-state index contributed by atoms with van der Waals surface area (Å²) in [6.07, 6.45) is 0.183. The lowest BCUT2D eigenvalue weighted by molar-refractivity contribution is 0.0990. The van der Waals surface area contributed by atoms with E-state index < -0.39 is 0 Å². The van der Waals surface area contributed by atoms with Crippen molar-refractivity contribution in [3.8, 4) is 40.1 Å². The summed E-state index contributed by atoms with van der Waals surface area (Å²) in [5, 5.41) is 19.2. The van der Waals surface area contributed by atoms with Gasteiger partial charge in [-0.1, -0.05) is 48.5 Å². The fraction of sp³-hybridized carbons (Fsp3) is 0.125. The molecule has 204 valence electrons. The first-order valence-corrected chi connectivity index (χ1v) is 12.3. The Hall–Kier alpha value is -5.24. The second-order valence-electron chi connectivity index (χ2n) is 8.65. The SMILES string of the molecule is COc1c(-c2ccccc2)oc2c(OC)cccc2c1=O.COc1ccc(CC(=O)c2ccc(O)cc2O)cc1. The van der Waals surface area contributed by atoms with E-state index in [4.69, 9.17) is 18.6 Å². The van der Waals surface area contributed by atoms with E-state index in [0.717, 1.165) is 22.9 Å². The predicted octanol–water partition coefficient (Wildman–Crippen LogP) is 6.01. The van der Waals surface area contributed by atoms with Gasteiger partial charge in [0.05, 0.1) is 32.3 Å². The summed E-state index contributed by atoms with van der Waals surface area (Å²) in [5.41, 5.74) is 2.02. The van der Waals surface area contributed by atoms with Gasteiger partial charge in [0.2, 0.25) is 11.2 Å². The average Bonchev–Trinajstić information content (AvgIpc) is 2.98. The van der Waals surface area contributed by atoms with E-state index in [2.05, 4.69) is 0 Å². The number of aromatic hydroxyl groups is 2. The van der Waals surface area contributed by atoms with Gasteiger partial charge in [0.1, 0.15) is 17.2 Å². The van der Waals surface area contributed by atoms with Gasteiger partial charge in [0, 0.05) is 18.1 Å². The lowest BCUT2D eigenvalue weighted by Gasteiger charge is -2.10. The van der Waals surface area contributed by atoms with Crippen molar-refractivity contribution in [3.63, 3.8) is 0 Å². The molecule has 0 fully saturated rings. The maximum Gasteiger partial charge on any atom is 0.235 e. The zero-order valence-corrected chi connectivity index (χ0v) is 22.2. The van der Waals surface area contributed by atoms with Crippen LogP contribution in [0.5, 0.6) is 28.7 Å². The van der Waals surface area contributed by atoms with E-state index in [1.165, 1.54) is 19.2 Å². The summed E-state index contributed by atoms with van der Waals surface area (Å²) in [7, 11) is 4.58. The van der Waals surface area contributed by atoms with Crippen molar-refractivity contribution in [2.45, 2.75) is 6.42 Å². The molecule has 5 rings (SSSR count). The number of rotatable bonds is 7. The largest absolute Gasteiger partial charge is 0.508 e. The van der Waals surface area contributed by atoms with Crippen LogP contribution in [0.25, 0.3) is 22.3 Å². The standard InChI is InChI=1S/C17H14O4.C15H14O4/c1-19-13-10-6-9-12-14(18)17(20-2)15(21-16(12)13)11-7-4-3-5-8-11;1-19-12-5-2-10(3-6-12)8-14(17)13-7-4-11(16)9-15(13)18/h3-10H,1-2H3;2-7,9,16,18H,8H2,1H3. The summed E-state index contributed by atoms with van der Waals surface area (Å²) < 4.78 is 21.5. The minimum atomic E-state index is -0.212. The molecule has 0 aliphatic rings. The van der Waals surface area contributed by atoms with Gasteiger partial charge in [0.15, 0.2) is 22.9 Å². The molecule has 8 nitrogen and oxygen atoms in total. The Morgan fingerprint density at radius 2 is 1.52 bits per heavy atom. The van der Waals surface area contributed by atoms with Gasteiger partial charge in [-0.25, -0.2) is 0 Å². The summed E-state index contributed by atoms with van der Waals surface area (Å²) in [5.74, 6) is 1.36. The molecule has 0 amide bonds. The highest BCUT2D eigenvalue weighted by Gasteiger charge is 2.18. The maximum atomic E-state index is 12.6. The van der Waals surface area contributed by atoms with Gasteiger partial charge >= 0.3 is 0 Å². The van der Waals surface area contributed by atoms with Crippen molar-refractivity contribution in [3.05, 3.63) is 112 Å². The van der Waals surface area contributed by atoms with Gasteiger partial charge in [-0.15, -0.1) is 0 Å². The van der Waals surface area contributed by atoms with Crippen LogP contribution in [0.4, 0.5) is 0 Å². The van der Waals surface area contributed by atoms with Crippen LogP contribution in [-0.4, -0.2) is 37.3 Å². The molecule has 0 bridgehead atoms. The van der Waals surface area contributed by atoms with Crippen molar-refractivity contribution >= 4 is 16.8 Å². The minimum absolute atomic E-state index is 0.0708. The van der Waals surface area contributed by atoms with Crippen LogP contribution in [0, 0.1) is 0 Å². The highest BCUT2D eigenvalue weighted by atomic mass is 16.5. The Morgan fingerprint density at radius 3 is 2.15 bits per heavy atom. The van der Waals surface area contributed by atoms with Crippen LogP contribution < -0.4 is 19.6 Å². The molecule has 2 N–H and O–H groups in total. The van der Waals surface area contributed by atoms with Gasteiger partial charge in [-0.05, 0) is 42.0 Å². The van der Waals surface area contributed by atoms with E-state index in [1.807, 2.05) is 30.3 Å². The summed E-state index contributed by atoms with van der Waals surface area (Å²) in [4.78, 5) is 24.6. The van der Waals surface area contributed by atoms with E-state index in [9.17, 15) is 19.8 Å². The fourth-order valence-electron chi connectivity index (χ4n) is 4.08. The van der Waals surface area contributed by atoms with Crippen LogP contribution in [0.3, 0.4) is 0 Å². The van der Waals surface area contributed by atoms with Crippen molar-refractivity contribution in [1.82, 2.24) is 0 Å². The Bertz CT molecular complexity index is 1670. The molecule has 5 aromatic rings. The second kappa shape index (κ2) is 12.5. The van der Waals surface area contributed by atoms with E-state index in [1.54, 1.807) is 56.7 Å². The molecule has 8 heteroatoms. The summed E-state index contributed by atoms with van der Waals surface area (Å²) in [6, 6.07) is 25.7. The summed E-state index contributed by atoms with van der Waals surface area (Å²) >= 11 is 0. The number of hydrogen-bond acceptors (Lipinski definition) is 8. The molecule has 0 radical (unpaired) electrons.